The van der Waals surface area contributed by atoms with Gasteiger partial charge in [0.1, 0.15) is 0 Å². The number of pyridine rings is 1. The van der Waals surface area contributed by atoms with Crippen molar-refractivity contribution in [1.82, 2.24) is 10.0 Å². The van der Waals surface area contributed by atoms with Crippen molar-refractivity contribution in [3.8, 4) is 5.75 Å². The van der Waals surface area contributed by atoms with Crippen LogP contribution in [0.25, 0.3) is 0 Å². The van der Waals surface area contributed by atoms with E-state index < -0.39 is 29.0 Å². The zero-order valence-electron chi connectivity index (χ0n) is 13.5. The zero-order chi connectivity index (χ0) is 17.6. The molecular weight excluding hydrogens is 307 g/mol. The number of ether oxygens (including phenoxy) is 1. The first-order valence-corrected chi connectivity index (χ1v) is 7.02. The number of hydroxylamine groups is 2. The summed E-state index contributed by atoms with van der Waals surface area (Å²) in [5, 5.41) is 0.741. The molecular formula is C15H19FN2O5. The average molecular weight is 326 g/mol. The summed E-state index contributed by atoms with van der Waals surface area (Å²) in [6.07, 6.45) is 1.68. The van der Waals surface area contributed by atoms with E-state index in [1.165, 1.54) is 0 Å². The third kappa shape index (κ3) is 5.01. The molecule has 126 valence electrons. The number of hydrogen-bond donors (Lipinski definition) is 0. The van der Waals surface area contributed by atoms with Gasteiger partial charge in [-0.05, 0) is 27.2 Å². The Hall–Kier alpha value is -2.51. The number of carbonyl (C=O) groups is 3. The quantitative estimate of drug-likeness (QED) is 0.624. The van der Waals surface area contributed by atoms with E-state index in [-0.39, 0.29) is 18.5 Å². The minimum Gasteiger partial charge on any atom is -0.406 e. The van der Waals surface area contributed by atoms with Gasteiger partial charge < -0.3 is 9.57 Å². The second-order valence-corrected chi connectivity index (χ2v) is 5.70. The van der Waals surface area contributed by atoms with Crippen LogP contribution in [0.5, 0.6) is 5.75 Å². The third-order valence-electron chi connectivity index (χ3n) is 2.64. The van der Waals surface area contributed by atoms with Crippen molar-refractivity contribution in [3.63, 3.8) is 0 Å². The van der Waals surface area contributed by atoms with Crippen LogP contribution in [0.4, 0.5) is 9.18 Å². The van der Waals surface area contributed by atoms with Crippen LogP contribution in [0.15, 0.2) is 12.4 Å². The van der Waals surface area contributed by atoms with Crippen molar-refractivity contribution in [2.24, 2.45) is 0 Å². The molecule has 1 amide bonds. The molecule has 23 heavy (non-hydrogen) atoms. The van der Waals surface area contributed by atoms with Crippen LogP contribution < -0.4 is 4.74 Å². The molecule has 0 bridgehead atoms. The Morgan fingerprint density at radius 1 is 1.35 bits per heavy atom. The Labute approximate surface area is 133 Å². The molecule has 1 heterocycles. The van der Waals surface area contributed by atoms with Gasteiger partial charge in [-0.25, -0.2) is 14.0 Å². The van der Waals surface area contributed by atoms with Crippen LogP contribution >= 0.6 is 0 Å². The topological polar surface area (TPSA) is 85.8 Å². The van der Waals surface area contributed by atoms with E-state index in [1.807, 2.05) is 0 Å². The molecule has 0 unspecified atom stereocenters. The van der Waals surface area contributed by atoms with Crippen molar-refractivity contribution in [2.75, 3.05) is 0 Å². The number of halogens is 1. The second-order valence-electron chi connectivity index (χ2n) is 5.70. The van der Waals surface area contributed by atoms with E-state index in [0.29, 0.717) is 6.42 Å². The number of hydrogen-bond acceptors (Lipinski definition) is 6. The fourth-order valence-corrected chi connectivity index (χ4v) is 1.56. The lowest BCUT2D eigenvalue weighted by molar-refractivity contribution is -0.197. The van der Waals surface area contributed by atoms with Gasteiger partial charge in [0.05, 0.1) is 23.5 Å². The highest BCUT2D eigenvalue weighted by Gasteiger charge is 2.33. The summed E-state index contributed by atoms with van der Waals surface area (Å²) in [5.41, 5.74) is -1.34. The first kappa shape index (κ1) is 18.5. The highest BCUT2D eigenvalue weighted by atomic mass is 19.1. The van der Waals surface area contributed by atoms with E-state index in [9.17, 15) is 18.8 Å². The van der Waals surface area contributed by atoms with Crippen LogP contribution in [-0.4, -0.2) is 33.9 Å². The standard InChI is InChI=1S/C15H19FN2O5/c1-5-6-13(20)23-18(15(2,3)4)14(21)22-12-8-17-7-11(16)10(12)9-19/h7-9H,5-6H2,1-4H3. The number of nitrogens with zero attached hydrogens (tertiary/aromatic N) is 2. The predicted octanol–water partition coefficient (Wildman–Crippen LogP) is 2.89. The SMILES string of the molecule is CCCC(=O)ON(C(=O)Oc1cncc(F)c1C=O)C(C)(C)C. The Morgan fingerprint density at radius 2 is 2.00 bits per heavy atom. The summed E-state index contributed by atoms with van der Waals surface area (Å²) < 4.78 is 18.4. The van der Waals surface area contributed by atoms with E-state index in [2.05, 4.69) is 4.98 Å². The van der Waals surface area contributed by atoms with E-state index in [4.69, 9.17) is 9.57 Å². The van der Waals surface area contributed by atoms with Crippen LogP contribution in [0.1, 0.15) is 50.9 Å². The third-order valence-corrected chi connectivity index (χ3v) is 2.64. The van der Waals surface area contributed by atoms with Crippen molar-refractivity contribution in [1.29, 1.82) is 0 Å². The Balaban J connectivity index is 3.01. The molecule has 0 atom stereocenters. The van der Waals surface area contributed by atoms with Crippen molar-refractivity contribution < 1.29 is 28.3 Å². The Kier molecular flexibility index (Phi) is 6.18. The van der Waals surface area contributed by atoms with Crippen molar-refractivity contribution in [3.05, 3.63) is 23.8 Å². The molecule has 0 N–H and O–H groups in total. The van der Waals surface area contributed by atoms with Gasteiger partial charge in [-0.2, -0.15) is 0 Å². The predicted molar refractivity (Wildman–Crippen MR) is 78.2 cm³/mol. The molecule has 1 rings (SSSR count). The summed E-state index contributed by atoms with van der Waals surface area (Å²) in [6.45, 7) is 6.66. The molecule has 0 spiro atoms. The highest BCUT2D eigenvalue weighted by Crippen LogP contribution is 2.22. The van der Waals surface area contributed by atoms with Crippen molar-refractivity contribution in [2.45, 2.75) is 46.1 Å². The van der Waals surface area contributed by atoms with E-state index >= 15 is 0 Å². The summed E-state index contributed by atoms with van der Waals surface area (Å²) in [5.74, 6) is -1.88. The smallest absolute Gasteiger partial charge is 0.406 e. The molecule has 7 nitrogen and oxygen atoms in total. The maximum absolute atomic E-state index is 13.5. The molecule has 0 aromatic carbocycles. The van der Waals surface area contributed by atoms with Crippen molar-refractivity contribution >= 4 is 18.3 Å². The number of carbonyl (C=O) groups excluding carboxylic acids is 3. The van der Waals surface area contributed by atoms with Gasteiger partial charge in [0, 0.05) is 6.42 Å². The van der Waals surface area contributed by atoms with E-state index in [1.54, 1.807) is 27.7 Å². The minimum atomic E-state index is -1.06. The van der Waals surface area contributed by atoms with Crippen LogP contribution in [-0.2, 0) is 9.63 Å². The number of amides is 1. The summed E-state index contributed by atoms with van der Waals surface area (Å²) in [6, 6.07) is 0. The first-order valence-electron chi connectivity index (χ1n) is 7.02. The number of rotatable bonds is 4. The normalized spacial score (nSPS) is 10.8. The maximum Gasteiger partial charge on any atom is 0.449 e. The van der Waals surface area contributed by atoms with Gasteiger partial charge in [0.25, 0.3) is 0 Å². The minimum absolute atomic E-state index is 0.126. The molecule has 0 aliphatic carbocycles. The summed E-state index contributed by atoms with van der Waals surface area (Å²) >= 11 is 0. The highest BCUT2D eigenvalue weighted by molar-refractivity contribution is 5.82. The summed E-state index contributed by atoms with van der Waals surface area (Å²) in [7, 11) is 0. The second kappa shape index (κ2) is 7.66. The Bertz CT molecular complexity index is 598. The van der Waals surface area contributed by atoms with E-state index in [0.717, 1.165) is 17.5 Å². The average Bonchev–Trinajstić information content (AvgIpc) is 2.44. The molecule has 1 aromatic rings. The number of aromatic nitrogens is 1. The van der Waals surface area contributed by atoms with Crippen LogP contribution in [0.2, 0.25) is 0 Å². The molecule has 0 aliphatic heterocycles. The van der Waals surface area contributed by atoms with Gasteiger partial charge >= 0.3 is 12.1 Å². The van der Waals surface area contributed by atoms with Gasteiger partial charge in [-0.3, -0.25) is 9.78 Å². The molecule has 0 radical (unpaired) electrons. The van der Waals surface area contributed by atoms with Gasteiger partial charge in [0.2, 0.25) is 0 Å². The summed E-state index contributed by atoms with van der Waals surface area (Å²) in [4.78, 5) is 43.3. The van der Waals surface area contributed by atoms with Gasteiger partial charge in [0.15, 0.2) is 17.9 Å². The zero-order valence-corrected chi connectivity index (χ0v) is 13.5. The van der Waals surface area contributed by atoms with Gasteiger partial charge in [-0.15, -0.1) is 5.06 Å². The molecule has 8 heteroatoms. The first-order chi connectivity index (χ1) is 10.7. The largest absolute Gasteiger partial charge is 0.449 e. The lowest BCUT2D eigenvalue weighted by Gasteiger charge is -2.32. The maximum atomic E-state index is 13.5. The fraction of sp³-hybridized carbons (Fsp3) is 0.467. The lowest BCUT2D eigenvalue weighted by atomic mass is 10.1. The monoisotopic (exact) mass is 326 g/mol. The van der Waals surface area contributed by atoms with Crippen LogP contribution in [0.3, 0.4) is 0 Å². The molecule has 1 aromatic heterocycles. The molecule has 0 saturated carbocycles. The fourth-order valence-electron chi connectivity index (χ4n) is 1.56. The molecule has 0 saturated heterocycles. The van der Waals surface area contributed by atoms with Gasteiger partial charge in [-0.1, -0.05) is 6.92 Å². The van der Waals surface area contributed by atoms with Crippen LogP contribution in [0, 0.1) is 5.82 Å². The lowest BCUT2D eigenvalue weighted by Crippen LogP contribution is -2.48. The Morgan fingerprint density at radius 3 is 2.52 bits per heavy atom. The molecule has 0 fully saturated rings. The number of aldehydes is 1. The molecule has 0 aliphatic rings.